The molecule has 1 saturated carbocycles. The summed E-state index contributed by atoms with van der Waals surface area (Å²) in [5, 5.41) is 3.48. The summed E-state index contributed by atoms with van der Waals surface area (Å²) in [6.45, 7) is 9.82. The second-order valence-electron chi connectivity index (χ2n) is 5.89. The highest BCUT2D eigenvalue weighted by Crippen LogP contribution is 2.63. The van der Waals surface area contributed by atoms with Gasteiger partial charge in [-0.25, -0.2) is 0 Å². The van der Waals surface area contributed by atoms with Gasteiger partial charge in [-0.3, -0.25) is 0 Å². The van der Waals surface area contributed by atoms with Crippen LogP contribution in [0, 0.1) is 11.3 Å². The highest BCUT2D eigenvalue weighted by atomic mass is 16.5. The van der Waals surface area contributed by atoms with Crippen molar-refractivity contribution in [3.05, 3.63) is 35.4 Å². The lowest BCUT2D eigenvalue weighted by molar-refractivity contribution is 0.185. The van der Waals surface area contributed by atoms with Crippen LogP contribution in [0.2, 0.25) is 0 Å². The first-order valence-electron chi connectivity index (χ1n) is 6.89. The largest absolute Gasteiger partial charge is 0.380 e. The maximum Gasteiger partial charge on any atom is 0.0713 e. The molecule has 1 aliphatic rings. The van der Waals surface area contributed by atoms with Crippen molar-refractivity contribution in [2.75, 3.05) is 20.2 Å². The molecule has 0 spiro atoms. The molecule has 0 radical (unpaired) electrons. The number of methoxy groups -OCH3 is 1. The standard InChI is InChI=1S/C16H25NO/c1-5-17-10-14-15(16(14,2)3)13-8-6-12(7-9-13)11-18-4/h6-9,14-15,17H,5,10-11H2,1-4H3. The van der Waals surface area contributed by atoms with Crippen LogP contribution in [0.5, 0.6) is 0 Å². The highest BCUT2D eigenvalue weighted by molar-refractivity contribution is 5.34. The molecule has 0 aliphatic heterocycles. The third kappa shape index (κ3) is 2.60. The number of benzene rings is 1. The molecule has 1 aromatic carbocycles. The third-order valence-electron chi connectivity index (χ3n) is 4.31. The van der Waals surface area contributed by atoms with Gasteiger partial charge in [-0.2, -0.15) is 0 Å². The summed E-state index contributed by atoms with van der Waals surface area (Å²) in [4.78, 5) is 0. The molecule has 0 heterocycles. The average Bonchev–Trinajstić information content (AvgIpc) is 2.90. The highest BCUT2D eigenvalue weighted by Gasteiger charge is 2.57. The second-order valence-corrected chi connectivity index (χ2v) is 5.89. The average molecular weight is 247 g/mol. The molecule has 0 saturated heterocycles. The molecule has 2 unspecified atom stereocenters. The molecule has 2 rings (SSSR count). The van der Waals surface area contributed by atoms with Gasteiger partial charge in [0.15, 0.2) is 0 Å². The van der Waals surface area contributed by atoms with E-state index in [2.05, 4.69) is 50.4 Å². The van der Waals surface area contributed by atoms with E-state index in [1.54, 1.807) is 7.11 Å². The molecule has 2 heteroatoms. The molecular weight excluding hydrogens is 222 g/mol. The molecule has 1 aromatic rings. The van der Waals surface area contributed by atoms with E-state index in [9.17, 15) is 0 Å². The van der Waals surface area contributed by atoms with E-state index in [1.165, 1.54) is 11.1 Å². The molecule has 1 fully saturated rings. The SMILES string of the molecule is CCNCC1C(c2ccc(COC)cc2)C1(C)C. The first-order chi connectivity index (χ1) is 8.61. The first kappa shape index (κ1) is 13.6. The number of hydrogen-bond donors (Lipinski definition) is 1. The van der Waals surface area contributed by atoms with Gasteiger partial charge in [0.1, 0.15) is 0 Å². The van der Waals surface area contributed by atoms with Crippen LogP contribution in [-0.4, -0.2) is 20.2 Å². The van der Waals surface area contributed by atoms with Crippen molar-refractivity contribution in [2.45, 2.75) is 33.3 Å². The lowest BCUT2D eigenvalue weighted by Gasteiger charge is -2.05. The van der Waals surface area contributed by atoms with Gasteiger partial charge in [-0.05, 0) is 41.5 Å². The molecule has 0 bridgehead atoms. The number of ether oxygens (including phenoxy) is 1. The molecule has 100 valence electrons. The smallest absolute Gasteiger partial charge is 0.0713 e. The fourth-order valence-electron chi connectivity index (χ4n) is 3.07. The van der Waals surface area contributed by atoms with E-state index >= 15 is 0 Å². The Morgan fingerprint density at radius 2 is 1.89 bits per heavy atom. The lowest BCUT2D eigenvalue weighted by Crippen LogP contribution is -2.17. The summed E-state index contributed by atoms with van der Waals surface area (Å²) in [6, 6.07) is 8.93. The van der Waals surface area contributed by atoms with Gasteiger partial charge in [0.2, 0.25) is 0 Å². The van der Waals surface area contributed by atoms with Gasteiger partial charge in [0, 0.05) is 7.11 Å². The normalized spacial score (nSPS) is 25.1. The fourth-order valence-corrected chi connectivity index (χ4v) is 3.07. The maximum atomic E-state index is 5.15. The van der Waals surface area contributed by atoms with Crippen LogP contribution in [0.1, 0.15) is 37.8 Å². The molecule has 0 aromatic heterocycles. The molecular formula is C16H25NO. The van der Waals surface area contributed by atoms with Crippen molar-refractivity contribution in [1.29, 1.82) is 0 Å². The van der Waals surface area contributed by atoms with Crippen LogP contribution in [0.25, 0.3) is 0 Å². The second kappa shape index (κ2) is 5.41. The quantitative estimate of drug-likeness (QED) is 0.833. The van der Waals surface area contributed by atoms with Crippen LogP contribution in [0.15, 0.2) is 24.3 Å². The van der Waals surface area contributed by atoms with Crippen molar-refractivity contribution < 1.29 is 4.74 Å². The van der Waals surface area contributed by atoms with Gasteiger partial charge in [0.05, 0.1) is 6.61 Å². The van der Waals surface area contributed by atoms with Crippen LogP contribution in [-0.2, 0) is 11.3 Å². The first-order valence-corrected chi connectivity index (χ1v) is 6.89. The zero-order valence-electron chi connectivity index (χ0n) is 12.0. The summed E-state index contributed by atoms with van der Waals surface area (Å²) in [6.07, 6.45) is 0. The van der Waals surface area contributed by atoms with Crippen LogP contribution in [0.4, 0.5) is 0 Å². The Balaban J connectivity index is 2.03. The summed E-state index contributed by atoms with van der Waals surface area (Å²) in [5.41, 5.74) is 3.16. The van der Waals surface area contributed by atoms with Gasteiger partial charge in [0.25, 0.3) is 0 Å². The Kier molecular flexibility index (Phi) is 4.08. The number of nitrogens with one attached hydrogen (secondary N) is 1. The lowest BCUT2D eigenvalue weighted by atomic mass is 10.0. The summed E-state index contributed by atoms with van der Waals surface area (Å²) < 4.78 is 5.15. The minimum absolute atomic E-state index is 0.435. The predicted octanol–water partition coefficient (Wildman–Crippen LogP) is 3.18. The van der Waals surface area contributed by atoms with Crippen molar-refractivity contribution in [3.8, 4) is 0 Å². The molecule has 2 atom stereocenters. The molecule has 1 aliphatic carbocycles. The van der Waals surface area contributed by atoms with Gasteiger partial charge >= 0.3 is 0 Å². The van der Waals surface area contributed by atoms with E-state index in [0.717, 1.165) is 19.0 Å². The topological polar surface area (TPSA) is 21.3 Å². The summed E-state index contributed by atoms with van der Waals surface area (Å²) in [5.74, 6) is 1.47. The van der Waals surface area contributed by atoms with E-state index in [0.29, 0.717) is 17.9 Å². The Morgan fingerprint density at radius 3 is 2.44 bits per heavy atom. The van der Waals surface area contributed by atoms with Crippen molar-refractivity contribution in [1.82, 2.24) is 5.32 Å². The maximum absolute atomic E-state index is 5.15. The van der Waals surface area contributed by atoms with Crippen LogP contribution < -0.4 is 5.32 Å². The Hall–Kier alpha value is -0.860. The van der Waals surface area contributed by atoms with Crippen molar-refractivity contribution in [2.24, 2.45) is 11.3 Å². The van der Waals surface area contributed by atoms with E-state index in [-0.39, 0.29) is 0 Å². The number of hydrogen-bond acceptors (Lipinski definition) is 2. The predicted molar refractivity (Wildman–Crippen MR) is 75.7 cm³/mol. The van der Waals surface area contributed by atoms with E-state index < -0.39 is 0 Å². The molecule has 18 heavy (non-hydrogen) atoms. The Labute approximate surface area is 111 Å². The van der Waals surface area contributed by atoms with Crippen LogP contribution in [0.3, 0.4) is 0 Å². The molecule has 2 nitrogen and oxygen atoms in total. The molecule has 0 amide bonds. The van der Waals surface area contributed by atoms with Gasteiger partial charge in [-0.15, -0.1) is 0 Å². The molecule has 1 N–H and O–H groups in total. The van der Waals surface area contributed by atoms with Gasteiger partial charge < -0.3 is 10.1 Å². The van der Waals surface area contributed by atoms with Crippen molar-refractivity contribution >= 4 is 0 Å². The Morgan fingerprint density at radius 1 is 1.22 bits per heavy atom. The minimum Gasteiger partial charge on any atom is -0.380 e. The summed E-state index contributed by atoms with van der Waals surface area (Å²) >= 11 is 0. The third-order valence-corrected chi connectivity index (χ3v) is 4.31. The van der Waals surface area contributed by atoms with Crippen molar-refractivity contribution in [3.63, 3.8) is 0 Å². The zero-order chi connectivity index (χ0) is 13.2. The zero-order valence-corrected chi connectivity index (χ0v) is 12.0. The van der Waals surface area contributed by atoms with E-state index in [4.69, 9.17) is 4.74 Å². The van der Waals surface area contributed by atoms with Crippen LogP contribution >= 0.6 is 0 Å². The minimum atomic E-state index is 0.435. The van der Waals surface area contributed by atoms with E-state index in [1.807, 2.05) is 0 Å². The number of rotatable bonds is 6. The van der Waals surface area contributed by atoms with Gasteiger partial charge in [-0.1, -0.05) is 45.0 Å². The summed E-state index contributed by atoms with van der Waals surface area (Å²) in [7, 11) is 1.74. The fraction of sp³-hybridized carbons (Fsp3) is 0.625. The monoisotopic (exact) mass is 247 g/mol. The Bertz CT molecular complexity index is 383.